The number of halogens is 3. The van der Waals surface area contributed by atoms with Gasteiger partial charge in [0.25, 0.3) is 0 Å². The number of rotatable bonds is 11. The SMILES string of the molecule is O=C(O)CCCc1ccc(NCc2cccc(-c3cc(-c4cc(Cc5ccccc5)cc5c4Cc4ccccc4-5)nc4c(C(F)(F)F)cccc34)c2)cc1. The van der Waals surface area contributed by atoms with Crippen LogP contribution in [0.1, 0.15) is 51.8 Å². The molecule has 268 valence electrons. The minimum atomic E-state index is -4.59. The maximum absolute atomic E-state index is 14.7. The number of nitrogens with zero attached hydrogens (tertiary/aromatic N) is 1. The third-order valence-corrected chi connectivity index (χ3v) is 10.2. The lowest BCUT2D eigenvalue weighted by atomic mass is 9.90. The average molecular weight is 719 g/mol. The van der Waals surface area contributed by atoms with Gasteiger partial charge in [-0.15, -0.1) is 0 Å². The molecule has 0 radical (unpaired) electrons. The number of benzene rings is 6. The first kappa shape index (κ1) is 34.9. The van der Waals surface area contributed by atoms with E-state index in [4.69, 9.17) is 10.1 Å². The van der Waals surface area contributed by atoms with E-state index >= 15 is 0 Å². The van der Waals surface area contributed by atoms with Crippen molar-refractivity contribution in [2.24, 2.45) is 0 Å². The lowest BCUT2D eigenvalue weighted by molar-refractivity contribution is -0.137. The Morgan fingerprint density at radius 2 is 1.43 bits per heavy atom. The molecule has 2 N–H and O–H groups in total. The quantitative estimate of drug-likeness (QED) is 0.140. The number of anilines is 1. The summed E-state index contributed by atoms with van der Waals surface area (Å²) in [5.74, 6) is -0.796. The predicted octanol–water partition coefficient (Wildman–Crippen LogP) is 11.8. The molecular formula is C47H37F3N2O2. The molecule has 0 unspecified atom stereocenters. The number of alkyl halides is 3. The normalized spacial score (nSPS) is 12.1. The van der Waals surface area contributed by atoms with Crippen molar-refractivity contribution in [1.29, 1.82) is 0 Å². The second-order valence-electron chi connectivity index (χ2n) is 13.9. The molecule has 54 heavy (non-hydrogen) atoms. The monoisotopic (exact) mass is 718 g/mol. The predicted molar refractivity (Wildman–Crippen MR) is 209 cm³/mol. The first-order valence-corrected chi connectivity index (χ1v) is 18.1. The highest BCUT2D eigenvalue weighted by atomic mass is 19.4. The second kappa shape index (κ2) is 14.7. The third kappa shape index (κ3) is 7.35. The van der Waals surface area contributed by atoms with Crippen LogP contribution in [-0.2, 0) is 36.8 Å². The molecule has 8 rings (SSSR count). The summed E-state index contributed by atoms with van der Waals surface area (Å²) in [4.78, 5) is 15.7. The fourth-order valence-corrected chi connectivity index (χ4v) is 7.59. The van der Waals surface area contributed by atoms with Crippen LogP contribution in [0.5, 0.6) is 0 Å². The van der Waals surface area contributed by atoms with Crippen molar-refractivity contribution < 1.29 is 23.1 Å². The van der Waals surface area contributed by atoms with Crippen LogP contribution in [0.3, 0.4) is 0 Å². The lowest BCUT2D eigenvalue weighted by Crippen LogP contribution is -2.07. The molecule has 6 aromatic carbocycles. The zero-order valence-corrected chi connectivity index (χ0v) is 29.5. The van der Waals surface area contributed by atoms with Crippen LogP contribution in [0.2, 0.25) is 0 Å². The van der Waals surface area contributed by atoms with Gasteiger partial charge in [0.15, 0.2) is 0 Å². The number of hydrogen-bond acceptors (Lipinski definition) is 3. The van der Waals surface area contributed by atoms with Gasteiger partial charge in [-0.2, -0.15) is 13.2 Å². The highest BCUT2D eigenvalue weighted by molar-refractivity contribution is 5.99. The number of pyridine rings is 1. The van der Waals surface area contributed by atoms with E-state index in [9.17, 15) is 18.0 Å². The van der Waals surface area contributed by atoms with Crippen molar-refractivity contribution >= 4 is 22.6 Å². The number of aliphatic carboxylic acids is 1. The van der Waals surface area contributed by atoms with E-state index in [0.717, 1.165) is 61.8 Å². The number of aryl methyl sites for hydroxylation is 1. The molecule has 7 heteroatoms. The summed E-state index contributed by atoms with van der Waals surface area (Å²) in [7, 11) is 0. The first-order chi connectivity index (χ1) is 26.2. The zero-order chi connectivity index (χ0) is 37.2. The number of para-hydroxylation sites is 1. The van der Waals surface area contributed by atoms with Gasteiger partial charge < -0.3 is 10.4 Å². The highest BCUT2D eigenvalue weighted by Crippen LogP contribution is 2.45. The standard InChI is InChI=1S/C47H37F3N2O2/c48-47(49,50)43-17-8-16-38-39(34-14-6-12-32(24-34)29-51-36-21-19-30(20-22-36)11-7-18-45(53)54)28-44(52-46(38)43)42-26-33(23-31-9-2-1-3-10-31)25-40-37-15-5-4-13-35(37)27-41(40)42/h1-6,8-10,12-17,19-22,24-26,28,51H,7,11,18,23,27,29H2,(H,53,54). The van der Waals surface area contributed by atoms with Gasteiger partial charge in [0.2, 0.25) is 0 Å². The van der Waals surface area contributed by atoms with Gasteiger partial charge in [-0.05, 0) is 118 Å². The molecule has 4 nitrogen and oxygen atoms in total. The molecule has 0 saturated heterocycles. The van der Waals surface area contributed by atoms with E-state index in [1.54, 1.807) is 6.07 Å². The maximum Gasteiger partial charge on any atom is 0.418 e. The Morgan fingerprint density at radius 1 is 0.685 bits per heavy atom. The molecule has 7 aromatic rings. The molecule has 1 aliphatic rings. The largest absolute Gasteiger partial charge is 0.481 e. The Hall–Kier alpha value is -6.21. The van der Waals surface area contributed by atoms with Crippen molar-refractivity contribution in [3.63, 3.8) is 0 Å². The Labute approximate surface area is 312 Å². The fourth-order valence-electron chi connectivity index (χ4n) is 7.59. The van der Waals surface area contributed by atoms with Crippen LogP contribution in [0.4, 0.5) is 18.9 Å². The van der Waals surface area contributed by atoms with Gasteiger partial charge in [0.05, 0.1) is 16.8 Å². The van der Waals surface area contributed by atoms with Crippen LogP contribution >= 0.6 is 0 Å². The topological polar surface area (TPSA) is 62.2 Å². The summed E-state index contributed by atoms with van der Waals surface area (Å²) < 4.78 is 44.0. The van der Waals surface area contributed by atoms with Gasteiger partial charge in [-0.3, -0.25) is 4.79 Å². The first-order valence-electron chi connectivity index (χ1n) is 18.1. The smallest absolute Gasteiger partial charge is 0.418 e. The summed E-state index contributed by atoms with van der Waals surface area (Å²) in [6, 6.07) is 44.9. The molecule has 0 saturated carbocycles. The number of fused-ring (bicyclic) bond motifs is 4. The number of hydrogen-bond donors (Lipinski definition) is 2. The molecule has 0 atom stereocenters. The summed E-state index contributed by atoms with van der Waals surface area (Å²) in [6.45, 7) is 0.503. The Bertz CT molecular complexity index is 2490. The fraction of sp³-hybridized carbons (Fsp3) is 0.149. The van der Waals surface area contributed by atoms with Gasteiger partial charge in [-0.1, -0.05) is 103 Å². The van der Waals surface area contributed by atoms with Crippen LogP contribution in [-0.4, -0.2) is 16.1 Å². The summed E-state index contributed by atoms with van der Waals surface area (Å²) in [5, 5.41) is 12.8. The molecule has 0 amide bonds. The summed E-state index contributed by atoms with van der Waals surface area (Å²) in [6.07, 6.45) is -1.82. The molecule has 0 aliphatic heterocycles. The minimum absolute atomic E-state index is 0.0674. The number of nitrogens with one attached hydrogen (secondary N) is 1. The van der Waals surface area contributed by atoms with Crippen molar-refractivity contribution in [3.8, 4) is 33.5 Å². The van der Waals surface area contributed by atoms with E-state index < -0.39 is 17.7 Å². The lowest BCUT2D eigenvalue weighted by Gasteiger charge is -2.18. The Balaban J connectivity index is 1.20. The van der Waals surface area contributed by atoms with Crippen molar-refractivity contribution in [3.05, 3.63) is 178 Å². The third-order valence-electron chi connectivity index (χ3n) is 10.2. The molecule has 1 heterocycles. The highest BCUT2D eigenvalue weighted by Gasteiger charge is 2.34. The molecule has 0 bridgehead atoms. The molecule has 1 aliphatic carbocycles. The van der Waals surface area contributed by atoms with Gasteiger partial charge in [0.1, 0.15) is 0 Å². The maximum atomic E-state index is 14.7. The molecular weight excluding hydrogens is 682 g/mol. The summed E-state index contributed by atoms with van der Waals surface area (Å²) >= 11 is 0. The number of aromatic nitrogens is 1. The molecule has 0 fully saturated rings. The van der Waals surface area contributed by atoms with Gasteiger partial charge in [-0.25, -0.2) is 4.98 Å². The Morgan fingerprint density at radius 3 is 2.22 bits per heavy atom. The van der Waals surface area contributed by atoms with Crippen molar-refractivity contribution in [1.82, 2.24) is 4.98 Å². The van der Waals surface area contributed by atoms with Gasteiger partial charge in [0, 0.05) is 29.6 Å². The second-order valence-corrected chi connectivity index (χ2v) is 13.9. The van der Waals surface area contributed by atoms with E-state index in [1.807, 2.05) is 84.9 Å². The summed E-state index contributed by atoms with van der Waals surface area (Å²) in [5.41, 5.74) is 11.7. The minimum Gasteiger partial charge on any atom is -0.481 e. The van der Waals surface area contributed by atoms with E-state index in [2.05, 4.69) is 41.7 Å². The van der Waals surface area contributed by atoms with E-state index in [-0.39, 0.29) is 11.9 Å². The van der Waals surface area contributed by atoms with Crippen LogP contribution in [0.15, 0.2) is 140 Å². The number of carboxylic acids is 1. The molecule has 0 spiro atoms. The number of carboxylic acid groups (broad SMARTS) is 1. The number of carbonyl (C=O) groups is 1. The Kier molecular flexibility index (Phi) is 9.47. The van der Waals surface area contributed by atoms with E-state index in [1.165, 1.54) is 11.6 Å². The van der Waals surface area contributed by atoms with Gasteiger partial charge >= 0.3 is 12.1 Å². The van der Waals surface area contributed by atoms with Crippen molar-refractivity contribution in [2.75, 3.05) is 5.32 Å². The zero-order valence-electron chi connectivity index (χ0n) is 29.5. The van der Waals surface area contributed by atoms with Crippen LogP contribution in [0.25, 0.3) is 44.4 Å². The van der Waals surface area contributed by atoms with E-state index in [0.29, 0.717) is 48.9 Å². The molecule has 1 aromatic heterocycles. The van der Waals surface area contributed by atoms with Crippen LogP contribution in [0, 0.1) is 0 Å². The van der Waals surface area contributed by atoms with Crippen LogP contribution < -0.4 is 5.32 Å². The average Bonchev–Trinajstić information content (AvgIpc) is 3.55. The van der Waals surface area contributed by atoms with Crippen molar-refractivity contribution in [2.45, 2.75) is 44.8 Å².